The zero-order valence-corrected chi connectivity index (χ0v) is 7.58. The van der Waals surface area contributed by atoms with E-state index in [4.69, 9.17) is 17.3 Å². The van der Waals surface area contributed by atoms with E-state index in [-0.39, 0.29) is 17.1 Å². The topological polar surface area (TPSA) is 26.0 Å². The Morgan fingerprint density at radius 3 is 2.29 bits per heavy atom. The molecule has 6 heteroatoms. The van der Waals surface area contributed by atoms with Gasteiger partial charge in [-0.1, -0.05) is 11.6 Å². The van der Waals surface area contributed by atoms with Crippen molar-refractivity contribution < 1.29 is 17.6 Å². The molecule has 0 amide bonds. The van der Waals surface area contributed by atoms with Gasteiger partial charge in [-0.3, -0.25) is 0 Å². The molecule has 78 valence electrons. The Hall–Kier alpha value is -0.810. The van der Waals surface area contributed by atoms with Crippen molar-refractivity contribution in [1.29, 1.82) is 0 Å². The summed E-state index contributed by atoms with van der Waals surface area (Å²) in [5, 5.41) is -0.306. The lowest BCUT2D eigenvalue weighted by Crippen LogP contribution is -2.13. The smallest absolute Gasteiger partial charge is 0.326 e. The molecule has 0 spiro atoms. The van der Waals surface area contributed by atoms with Crippen molar-refractivity contribution >= 4 is 11.6 Å². The average Bonchev–Trinajstić information content (AvgIpc) is 2.01. The first-order chi connectivity index (χ1) is 6.36. The minimum Gasteiger partial charge on any atom is -0.326 e. The fourth-order valence-electron chi connectivity index (χ4n) is 1.06. The summed E-state index contributed by atoms with van der Waals surface area (Å²) in [6.45, 7) is -0.381. The normalized spacial score (nSPS) is 11.9. The Balaban J connectivity index is 3.40. The summed E-state index contributed by atoms with van der Waals surface area (Å²) in [7, 11) is 0. The van der Waals surface area contributed by atoms with Gasteiger partial charge in [-0.25, -0.2) is 4.39 Å². The van der Waals surface area contributed by atoms with Gasteiger partial charge in [0.2, 0.25) is 0 Å². The summed E-state index contributed by atoms with van der Waals surface area (Å²) < 4.78 is 49.6. The van der Waals surface area contributed by atoms with Gasteiger partial charge in [-0.2, -0.15) is 13.2 Å². The number of halogens is 5. The van der Waals surface area contributed by atoms with Gasteiger partial charge in [0.05, 0.1) is 5.56 Å². The Kier molecular flexibility index (Phi) is 3.01. The van der Waals surface area contributed by atoms with Crippen LogP contribution in [0.4, 0.5) is 17.6 Å². The van der Waals surface area contributed by atoms with E-state index >= 15 is 0 Å². The van der Waals surface area contributed by atoms with Gasteiger partial charge >= 0.3 is 6.18 Å². The number of hydrogen-bond acceptors (Lipinski definition) is 1. The zero-order chi connectivity index (χ0) is 10.9. The lowest BCUT2D eigenvalue weighted by Gasteiger charge is -2.12. The molecule has 0 heterocycles. The third-order valence-electron chi connectivity index (χ3n) is 1.67. The third kappa shape index (κ3) is 2.16. The van der Waals surface area contributed by atoms with Crippen molar-refractivity contribution in [3.63, 3.8) is 0 Å². The molecule has 0 saturated carbocycles. The van der Waals surface area contributed by atoms with Gasteiger partial charge in [0.1, 0.15) is 5.82 Å². The average molecular weight is 228 g/mol. The van der Waals surface area contributed by atoms with Gasteiger partial charge in [-0.05, 0) is 17.7 Å². The second kappa shape index (κ2) is 3.74. The van der Waals surface area contributed by atoms with E-state index in [2.05, 4.69) is 0 Å². The monoisotopic (exact) mass is 227 g/mol. The van der Waals surface area contributed by atoms with E-state index in [9.17, 15) is 17.6 Å². The fourth-order valence-corrected chi connectivity index (χ4v) is 1.35. The summed E-state index contributed by atoms with van der Waals surface area (Å²) >= 11 is 5.42. The molecule has 1 nitrogen and oxygen atoms in total. The molecule has 0 aliphatic carbocycles. The van der Waals surface area contributed by atoms with Crippen LogP contribution >= 0.6 is 11.6 Å². The van der Waals surface area contributed by atoms with E-state index in [1.165, 1.54) is 0 Å². The highest BCUT2D eigenvalue weighted by molar-refractivity contribution is 6.31. The van der Waals surface area contributed by atoms with Crippen molar-refractivity contribution in [2.45, 2.75) is 12.7 Å². The lowest BCUT2D eigenvalue weighted by atomic mass is 10.1. The van der Waals surface area contributed by atoms with Gasteiger partial charge in [0.25, 0.3) is 0 Å². The van der Waals surface area contributed by atoms with Crippen molar-refractivity contribution in [2.75, 3.05) is 0 Å². The van der Waals surface area contributed by atoms with Crippen LogP contribution in [-0.2, 0) is 12.7 Å². The number of alkyl halides is 3. The molecule has 1 aromatic carbocycles. The highest BCUT2D eigenvalue weighted by atomic mass is 35.5. The minimum absolute atomic E-state index is 0.291. The molecule has 0 bridgehead atoms. The first-order valence-corrected chi connectivity index (χ1v) is 3.99. The highest BCUT2D eigenvalue weighted by Crippen LogP contribution is 2.35. The first kappa shape index (κ1) is 11.3. The maximum Gasteiger partial charge on any atom is 0.416 e. The summed E-state index contributed by atoms with van der Waals surface area (Å²) in [6, 6.07) is 1.19. The van der Waals surface area contributed by atoms with Crippen molar-refractivity contribution in [1.82, 2.24) is 0 Å². The largest absolute Gasteiger partial charge is 0.416 e. The molecule has 0 fully saturated rings. The molecule has 14 heavy (non-hydrogen) atoms. The van der Waals surface area contributed by atoms with Crippen LogP contribution in [0.15, 0.2) is 12.1 Å². The Morgan fingerprint density at radius 1 is 1.29 bits per heavy atom. The Labute approximate surface area is 82.5 Å². The van der Waals surface area contributed by atoms with Crippen LogP contribution in [0.5, 0.6) is 0 Å². The predicted octanol–water partition coefficient (Wildman–Crippen LogP) is 2.96. The van der Waals surface area contributed by atoms with Crippen LogP contribution in [0.3, 0.4) is 0 Å². The molecule has 0 unspecified atom stereocenters. The van der Waals surface area contributed by atoms with Gasteiger partial charge < -0.3 is 5.73 Å². The molecule has 0 aliphatic rings. The van der Waals surface area contributed by atoms with Crippen molar-refractivity contribution in [3.05, 3.63) is 34.1 Å². The van der Waals surface area contributed by atoms with Gasteiger partial charge in [-0.15, -0.1) is 0 Å². The maximum atomic E-state index is 12.6. The van der Waals surface area contributed by atoms with Crippen LogP contribution < -0.4 is 5.73 Å². The lowest BCUT2D eigenvalue weighted by molar-refractivity contribution is -0.138. The van der Waals surface area contributed by atoms with Crippen LogP contribution in [0.25, 0.3) is 0 Å². The molecule has 0 aromatic heterocycles. The molecule has 2 N–H and O–H groups in total. The Morgan fingerprint density at radius 2 is 1.86 bits per heavy atom. The van der Waals surface area contributed by atoms with E-state index in [1.807, 2.05) is 0 Å². The zero-order valence-electron chi connectivity index (χ0n) is 6.83. The van der Waals surface area contributed by atoms with Gasteiger partial charge in [0.15, 0.2) is 0 Å². The molecule has 0 aliphatic heterocycles. The summed E-state index contributed by atoms with van der Waals surface area (Å²) in [6.07, 6.45) is -4.64. The molecule has 0 radical (unpaired) electrons. The fraction of sp³-hybridized carbons (Fsp3) is 0.250. The minimum atomic E-state index is -4.64. The molecular formula is C8H6ClF4N. The first-order valence-electron chi connectivity index (χ1n) is 3.61. The van der Waals surface area contributed by atoms with E-state index in [0.717, 1.165) is 6.07 Å². The molecular weight excluding hydrogens is 222 g/mol. The van der Waals surface area contributed by atoms with Crippen molar-refractivity contribution in [2.24, 2.45) is 5.73 Å². The van der Waals surface area contributed by atoms with E-state index < -0.39 is 17.6 Å². The molecule has 1 rings (SSSR count). The summed E-state index contributed by atoms with van der Waals surface area (Å²) in [5.41, 5.74) is 3.68. The molecule has 0 saturated heterocycles. The van der Waals surface area contributed by atoms with Crippen LogP contribution in [0.1, 0.15) is 11.1 Å². The highest BCUT2D eigenvalue weighted by Gasteiger charge is 2.34. The SMILES string of the molecule is NCc1c(Cl)cc(F)cc1C(F)(F)F. The van der Waals surface area contributed by atoms with Crippen LogP contribution in [0, 0.1) is 5.82 Å². The number of rotatable bonds is 1. The summed E-state index contributed by atoms with van der Waals surface area (Å²) in [5.74, 6) is -1.03. The van der Waals surface area contributed by atoms with Crippen LogP contribution in [0.2, 0.25) is 5.02 Å². The molecule has 0 atom stereocenters. The second-order valence-corrected chi connectivity index (χ2v) is 3.02. The second-order valence-electron chi connectivity index (χ2n) is 2.62. The Bertz CT molecular complexity index is 348. The van der Waals surface area contributed by atoms with Crippen molar-refractivity contribution in [3.8, 4) is 0 Å². The summed E-state index contributed by atoms with van der Waals surface area (Å²) in [4.78, 5) is 0. The quantitative estimate of drug-likeness (QED) is 0.734. The maximum absolute atomic E-state index is 12.6. The number of benzene rings is 1. The standard InChI is InChI=1S/C8H6ClF4N/c9-7-2-4(10)1-6(5(7)3-14)8(11,12)13/h1-2H,3,14H2. The van der Waals surface area contributed by atoms with E-state index in [0.29, 0.717) is 6.07 Å². The predicted molar refractivity (Wildman–Crippen MR) is 44.3 cm³/mol. The van der Waals surface area contributed by atoms with Crippen LogP contribution in [-0.4, -0.2) is 0 Å². The molecule has 1 aromatic rings. The third-order valence-corrected chi connectivity index (χ3v) is 2.01. The van der Waals surface area contributed by atoms with E-state index in [1.54, 1.807) is 0 Å². The number of nitrogens with two attached hydrogens (primary N) is 1. The number of hydrogen-bond donors (Lipinski definition) is 1. The van der Waals surface area contributed by atoms with Gasteiger partial charge in [0, 0.05) is 11.6 Å².